The summed E-state index contributed by atoms with van der Waals surface area (Å²) in [5, 5.41) is 2.88. The molecule has 0 aromatic carbocycles. The largest absolute Gasteiger partial charge is 0.467 e. The molecule has 1 heterocycles. The second kappa shape index (κ2) is 6.70. The minimum absolute atomic E-state index is 0.318. The molecule has 0 radical (unpaired) electrons. The van der Waals surface area contributed by atoms with E-state index >= 15 is 0 Å². The Balaban J connectivity index is 2.20. The number of nitrogens with one attached hydrogen (secondary N) is 1. The number of esters is 1. The Bertz CT molecular complexity index is 504. The molecule has 1 aliphatic rings. The summed E-state index contributed by atoms with van der Waals surface area (Å²) in [7, 11) is 1.37. The van der Waals surface area contributed by atoms with Crippen LogP contribution in [0.5, 0.6) is 0 Å². The molecule has 5 nitrogen and oxygen atoms in total. The monoisotopic (exact) mass is 290 g/mol. The van der Waals surface area contributed by atoms with Gasteiger partial charge in [-0.1, -0.05) is 25.8 Å². The van der Waals surface area contributed by atoms with Gasteiger partial charge in [-0.15, -0.1) is 0 Å². The minimum Gasteiger partial charge on any atom is -0.467 e. The highest BCUT2D eigenvalue weighted by molar-refractivity contribution is 5.96. The van der Waals surface area contributed by atoms with Gasteiger partial charge in [-0.3, -0.25) is 9.78 Å². The van der Waals surface area contributed by atoms with Gasteiger partial charge in [0, 0.05) is 6.20 Å². The summed E-state index contributed by atoms with van der Waals surface area (Å²) in [6.07, 6.45) is 5.66. The third-order valence-corrected chi connectivity index (χ3v) is 4.19. The number of methoxy groups -OCH3 is 1. The van der Waals surface area contributed by atoms with Crippen LogP contribution in [0.25, 0.3) is 0 Å². The van der Waals surface area contributed by atoms with Crippen LogP contribution in [0, 0.1) is 5.92 Å². The van der Waals surface area contributed by atoms with Crippen LogP contribution in [0.2, 0.25) is 0 Å². The van der Waals surface area contributed by atoms with E-state index in [2.05, 4.69) is 17.2 Å². The number of pyridine rings is 1. The Morgan fingerprint density at radius 3 is 2.81 bits per heavy atom. The number of carbonyl (C=O) groups is 2. The molecule has 0 unspecified atom stereocenters. The third-order valence-electron chi connectivity index (χ3n) is 4.19. The van der Waals surface area contributed by atoms with Gasteiger partial charge in [0.05, 0.1) is 7.11 Å². The fourth-order valence-corrected chi connectivity index (χ4v) is 2.87. The standard InChI is InChI=1S/C16H22N2O3/c1-12-6-5-9-16(10-8-12,15(20)21-2)18-14(19)13-7-3-4-11-17-13/h3-4,7,11-12H,5-6,8-10H2,1-2H3,(H,18,19)/t12-,16-/m0/s1. The van der Waals surface area contributed by atoms with Gasteiger partial charge >= 0.3 is 5.97 Å². The van der Waals surface area contributed by atoms with E-state index in [-0.39, 0.29) is 11.9 Å². The molecule has 2 atom stereocenters. The average Bonchev–Trinajstić information content (AvgIpc) is 2.70. The molecule has 21 heavy (non-hydrogen) atoms. The molecule has 1 aliphatic carbocycles. The smallest absolute Gasteiger partial charge is 0.331 e. The van der Waals surface area contributed by atoms with E-state index in [9.17, 15) is 9.59 Å². The minimum atomic E-state index is -0.923. The van der Waals surface area contributed by atoms with Crippen molar-refractivity contribution < 1.29 is 14.3 Å². The summed E-state index contributed by atoms with van der Waals surface area (Å²) in [4.78, 5) is 28.6. The topological polar surface area (TPSA) is 68.3 Å². The summed E-state index contributed by atoms with van der Waals surface area (Å²) in [5.74, 6) is -0.125. The molecule has 1 saturated carbocycles. The summed E-state index contributed by atoms with van der Waals surface area (Å²) >= 11 is 0. The van der Waals surface area contributed by atoms with Crippen LogP contribution in [-0.4, -0.2) is 29.5 Å². The number of carbonyl (C=O) groups excluding carboxylic acids is 2. The van der Waals surface area contributed by atoms with Crippen LogP contribution in [0.1, 0.15) is 49.5 Å². The van der Waals surface area contributed by atoms with Crippen LogP contribution in [-0.2, 0) is 9.53 Å². The SMILES string of the molecule is COC(=O)[C@]1(NC(=O)c2ccccn2)CCC[C@H](C)CC1. The van der Waals surface area contributed by atoms with Gasteiger partial charge in [0.15, 0.2) is 0 Å². The van der Waals surface area contributed by atoms with E-state index in [1.54, 1.807) is 24.4 Å². The molecule has 1 N–H and O–H groups in total. The van der Waals surface area contributed by atoms with Crippen LogP contribution in [0.15, 0.2) is 24.4 Å². The molecule has 0 bridgehead atoms. The van der Waals surface area contributed by atoms with Gasteiger partial charge in [-0.25, -0.2) is 4.79 Å². The predicted octanol–water partition coefficient (Wildman–Crippen LogP) is 2.32. The predicted molar refractivity (Wildman–Crippen MR) is 78.7 cm³/mol. The van der Waals surface area contributed by atoms with Gasteiger partial charge in [0.25, 0.3) is 5.91 Å². The van der Waals surface area contributed by atoms with Crippen molar-refractivity contribution in [2.24, 2.45) is 5.92 Å². The van der Waals surface area contributed by atoms with Crippen molar-refractivity contribution in [1.29, 1.82) is 0 Å². The highest BCUT2D eigenvalue weighted by Crippen LogP contribution is 2.31. The molecule has 114 valence electrons. The molecule has 5 heteroatoms. The molecule has 1 amide bonds. The van der Waals surface area contributed by atoms with E-state index in [1.807, 2.05) is 0 Å². The lowest BCUT2D eigenvalue weighted by atomic mass is 9.89. The maximum Gasteiger partial charge on any atom is 0.331 e. The molecular formula is C16H22N2O3. The van der Waals surface area contributed by atoms with Gasteiger partial charge in [-0.2, -0.15) is 0 Å². The van der Waals surface area contributed by atoms with Crippen molar-refractivity contribution in [1.82, 2.24) is 10.3 Å². The van der Waals surface area contributed by atoms with Crippen molar-refractivity contribution in [3.63, 3.8) is 0 Å². The normalized spacial score (nSPS) is 25.7. The van der Waals surface area contributed by atoms with Crippen molar-refractivity contribution in [2.45, 2.75) is 44.6 Å². The lowest BCUT2D eigenvalue weighted by Gasteiger charge is -2.30. The van der Waals surface area contributed by atoms with Crippen molar-refractivity contribution >= 4 is 11.9 Å². The maximum atomic E-state index is 12.4. The maximum absolute atomic E-state index is 12.4. The molecule has 0 saturated heterocycles. The first-order valence-electron chi connectivity index (χ1n) is 7.39. The number of aromatic nitrogens is 1. The Hall–Kier alpha value is -1.91. The highest BCUT2D eigenvalue weighted by Gasteiger charge is 2.42. The zero-order chi connectivity index (χ0) is 15.3. The van der Waals surface area contributed by atoms with Crippen LogP contribution < -0.4 is 5.32 Å². The Kier molecular flexibility index (Phi) is 4.94. The third kappa shape index (κ3) is 3.60. The number of hydrogen-bond acceptors (Lipinski definition) is 4. The van der Waals surface area contributed by atoms with E-state index in [1.165, 1.54) is 7.11 Å². The fourth-order valence-electron chi connectivity index (χ4n) is 2.87. The molecule has 1 aromatic rings. The van der Waals surface area contributed by atoms with Crippen molar-refractivity contribution in [3.05, 3.63) is 30.1 Å². The second-order valence-electron chi connectivity index (χ2n) is 5.78. The summed E-state index contributed by atoms with van der Waals surface area (Å²) < 4.78 is 4.95. The molecule has 0 spiro atoms. The van der Waals surface area contributed by atoms with Crippen molar-refractivity contribution in [3.8, 4) is 0 Å². The number of ether oxygens (including phenoxy) is 1. The summed E-state index contributed by atoms with van der Waals surface area (Å²) in [5.41, 5.74) is -0.605. The van der Waals surface area contributed by atoms with Crippen LogP contribution >= 0.6 is 0 Å². The van der Waals surface area contributed by atoms with Gasteiger partial charge in [0.1, 0.15) is 11.2 Å². The van der Waals surface area contributed by atoms with Gasteiger partial charge < -0.3 is 10.1 Å². The second-order valence-corrected chi connectivity index (χ2v) is 5.78. The average molecular weight is 290 g/mol. The molecule has 1 fully saturated rings. The fraction of sp³-hybridized carbons (Fsp3) is 0.562. The Morgan fingerprint density at radius 2 is 2.14 bits per heavy atom. The number of hydrogen-bond donors (Lipinski definition) is 1. The van der Waals surface area contributed by atoms with E-state index in [4.69, 9.17) is 4.74 Å². The van der Waals surface area contributed by atoms with Crippen molar-refractivity contribution in [2.75, 3.05) is 7.11 Å². The van der Waals surface area contributed by atoms with Crippen LogP contribution in [0.4, 0.5) is 0 Å². The molecule has 0 aliphatic heterocycles. The number of amides is 1. The first kappa shape index (κ1) is 15.5. The Morgan fingerprint density at radius 1 is 1.33 bits per heavy atom. The lowest BCUT2D eigenvalue weighted by molar-refractivity contribution is -0.148. The van der Waals surface area contributed by atoms with E-state index in [0.717, 1.165) is 19.3 Å². The summed E-state index contributed by atoms with van der Waals surface area (Å²) in [6.45, 7) is 2.17. The van der Waals surface area contributed by atoms with Crippen LogP contribution in [0.3, 0.4) is 0 Å². The first-order chi connectivity index (χ1) is 10.1. The molecule has 2 rings (SSSR count). The van der Waals surface area contributed by atoms with Gasteiger partial charge in [-0.05, 0) is 37.3 Å². The first-order valence-corrected chi connectivity index (χ1v) is 7.39. The molecular weight excluding hydrogens is 268 g/mol. The zero-order valence-electron chi connectivity index (χ0n) is 12.6. The number of nitrogens with zero attached hydrogens (tertiary/aromatic N) is 1. The quantitative estimate of drug-likeness (QED) is 0.685. The van der Waals surface area contributed by atoms with E-state index < -0.39 is 5.54 Å². The lowest BCUT2D eigenvalue weighted by Crippen LogP contribution is -2.55. The highest BCUT2D eigenvalue weighted by atomic mass is 16.5. The number of rotatable bonds is 3. The van der Waals surface area contributed by atoms with Gasteiger partial charge in [0.2, 0.25) is 0 Å². The zero-order valence-corrected chi connectivity index (χ0v) is 12.6. The molecule has 1 aromatic heterocycles. The van der Waals surface area contributed by atoms with E-state index in [0.29, 0.717) is 24.5 Å². The summed E-state index contributed by atoms with van der Waals surface area (Å²) in [6, 6.07) is 5.14. The Labute approximate surface area is 125 Å².